The molecular formula is C18H18FNOS. The van der Waals surface area contributed by atoms with Crippen molar-refractivity contribution in [1.82, 2.24) is 5.32 Å². The van der Waals surface area contributed by atoms with Crippen LogP contribution in [0.4, 0.5) is 4.39 Å². The van der Waals surface area contributed by atoms with E-state index >= 15 is 0 Å². The van der Waals surface area contributed by atoms with Crippen molar-refractivity contribution in [2.45, 2.75) is 23.2 Å². The van der Waals surface area contributed by atoms with E-state index in [9.17, 15) is 9.18 Å². The zero-order valence-corrected chi connectivity index (χ0v) is 13.2. The smallest absolute Gasteiger partial charge is 0.227 e. The van der Waals surface area contributed by atoms with Gasteiger partial charge in [-0.15, -0.1) is 11.8 Å². The largest absolute Gasteiger partial charge is 0.355 e. The number of carbonyl (C=O) groups excluding carboxylic acids is 1. The van der Waals surface area contributed by atoms with Gasteiger partial charge in [-0.1, -0.05) is 24.3 Å². The molecule has 0 aliphatic carbocycles. The maximum Gasteiger partial charge on any atom is 0.227 e. The average molecular weight is 315 g/mol. The van der Waals surface area contributed by atoms with Crippen molar-refractivity contribution < 1.29 is 9.18 Å². The van der Waals surface area contributed by atoms with Crippen LogP contribution in [0.3, 0.4) is 0 Å². The van der Waals surface area contributed by atoms with Crippen LogP contribution in [-0.4, -0.2) is 18.7 Å². The molecular weight excluding hydrogens is 297 g/mol. The fourth-order valence-electron chi connectivity index (χ4n) is 2.93. The standard InChI is InChI=1S/C18H18FNOS/c1-22-16-8-4-12(5-9-16)14-10-17(18(21)20-11-14)13-2-6-15(19)7-3-13/h2-9,14,17H,10-11H2,1H3,(H,20,21)/t14-,17+/m0/s1. The lowest BCUT2D eigenvalue weighted by atomic mass is 9.81. The van der Waals surface area contributed by atoms with Crippen molar-refractivity contribution >= 4 is 17.7 Å². The van der Waals surface area contributed by atoms with E-state index in [1.54, 1.807) is 23.9 Å². The van der Waals surface area contributed by atoms with Crippen molar-refractivity contribution in [1.29, 1.82) is 0 Å². The summed E-state index contributed by atoms with van der Waals surface area (Å²) >= 11 is 1.72. The first-order valence-corrected chi connectivity index (χ1v) is 8.57. The lowest BCUT2D eigenvalue weighted by molar-refractivity contribution is -0.124. The van der Waals surface area contributed by atoms with Gasteiger partial charge in [0.05, 0.1) is 5.92 Å². The number of hydrogen-bond donors (Lipinski definition) is 1. The average Bonchev–Trinajstić information content (AvgIpc) is 2.56. The summed E-state index contributed by atoms with van der Waals surface area (Å²) in [4.78, 5) is 13.4. The Bertz CT molecular complexity index is 654. The number of amides is 1. The predicted octanol–water partition coefficient (Wildman–Crippen LogP) is 3.93. The fraction of sp³-hybridized carbons (Fsp3) is 0.278. The molecule has 3 rings (SSSR count). The molecule has 1 N–H and O–H groups in total. The highest BCUT2D eigenvalue weighted by Gasteiger charge is 2.30. The molecule has 2 nitrogen and oxygen atoms in total. The lowest BCUT2D eigenvalue weighted by Crippen LogP contribution is -2.39. The summed E-state index contributed by atoms with van der Waals surface area (Å²) in [5.74, 6) is -0.156. The van der Waals surface area contributed by atoms with Crippen molar-refractivity contribution in [3.63, 3.8) is 0 Å². The maximum atomic E-state index is 13.1. The van der Waals surface area contributed by atoms with Gasteiger partial charge < -0.3 is 5.32 Å². The molecule has 4 heteroatoms. The van der Waals surface area contributed by atoms with Crippen LogP contribution >= 0.6 is 11.8 Å². The van der Waals surface area contributed by atoms with Crippen molar-refractivity contribution in [2.75, 3.05) is 12.8 Å². The molecule has 2 aromatic rings. The Balaban J connectivity index is 1.80. The Morgan fingerprint density at radius 3 is 2.32 bits per heavy atom. The molecule has 1 saturated heterocycles. The first-order valence-electron chi connectivity index (χ1n) is 7.34. The van der Waals surface area contributed by atoms with Crippen LogP contribution in [0.5, 0.6) is 0 Å². The van der Waals surface area contributed by atoms with Gasteiger partial charge in [-0.05, 0) is 48.1 Å². The van der Waals surface area contributed by atoms with Gasteiger partial charge in [-0.2, -0.15) is 0 Å². The monoisotopic (exact) mass is 315 g/mol. The minimum atomic E-state index is -0.274. The fourth-order valence-corrected chi connectivity index (χ4v) is 3.34. The summed E-state index contributed by atoms with van der Waals surface area (Å²) in [5.41, 5.74) is 2.12. The second kappa shape index (κ2) is 6.53. The summed E-state index contributed by atoms with van der Waals surface area (Å²) < 4.78 is 13.1. The first kappa shape index (κ1) is 15.1. The van der Waals surface area contributed by atoms with Gasteiger partial charge >= 0.3 is 0 Å². The second-order valence-electron chi connectivity index (χ2n) is 5.56. The van der Waals surface area contributed by atoms with E-state index in [-0.39, 0.29) is 17.6 Å². The highest BCUT2D eigenvalue weighted by Crippen LogP contribution is 2.33. The molecule has 22 heavy (non-hydrogen) atoms. The van der Waals surface area contributed by atoms with E-state index in [4.69, 9.17) is 0 Å². The van der Waals surface area contributed by atoms with Gasteiger partial charge in [0.25, 0.3) is 0 Å². The molecule has 0 saturated carbocycles. The van der Waals surface area contributed by atoms with Crippen LogP contribution < -0.4 is 5.32 Å². The zero-order chi connectivity index (χ0) is 15.5. The van der Waals surface area contributed by atoms with Gasteiger partial charge in [0.15, 0.2) is 0 Å². The van der Waals surface area contributed by atoms with Gasteiger partial charge in [0.1, 0.15) is 5.82 Å². The molecule has 2 atom stereocenters. The molecule has 1 heterocycles. The minimum Gasteiger partial charge on any atom is -0.355 e. The Hall–Kier alpha value is -1.81. The topological polar surface area (TPSA) is 29.1 Å². The molecule has 114 valence electrons. The highest BCUT2D eigenvalue weighted by atomic mass is 32.2. The van der Waals surface area contributed by atoms with Crippen molar-refractivity contribution in [2.24, 2.45) is 0 Å². The van der Waals surface area contributed by atoms with Gasteiger partial charge in [-0.25, -0.2) is 4.39 Å². The molecule has 1 aliphatic heterocycles. The number of thioether (sulfide) groups is 1. The summed E-state index contributed by atoms with van der Waals surface area (Å²) in [5, 5.41) is 2.98. The predicted molar refractivity (Wildman–Crippen MR) is 87.7 cm³/mol. The second-order valence-corrected chi connectivity index (χ2v) is 6.43. The minimum absolute atomic E-state index is 0.0311. The van der Waals surface area contributed by atoms with Crippen LogP contribution in [0.15, 0.2) is 53.4 Å². The Labute approximate surface area is 134 Å². The third-order valence-corrected chi connectivity index (χ3v) is 4.96. The summed E-state index contributed by atoms with van der Waals surface area (Å²) in [6, 6.07) is 14.7. The molecule has 0 spiro atoms. The Morgan fingerprint density at radius 1 is 1.05 bits per heavy atom. The summed E-state index contributed by atoms with van der Waals surface area (Å²) in [6.45, 7) is 0.662. The van der Waals surface area contributed by atoms with Crippen LogP contribution in [0.2, 0.25) is 0 Å². The molecule has 1 amide bonds. The summed E-state index contributed by atoms with van der Waals surface area (Å²) in [6.07, 6.45) is 2.82. The molecule has 0 bridgehead atoms. The molecule has 0 aromatic heterocycles. The molecule has 2 aromatic carbocycles. The van der Waals surface area contributed by atoms with Crippen LogP contribution in [0.1, 0.15) is 29.4 Å². The van der Waals surface area contributed by atoms with Gasteiger partial charge in [-0.3, -0.25) is 4.79 Å². The highest BCUT2D eigenvalue weighted by molar-refractivity contribution is 7.98. The van der Waals surface area contributed by atoms with Gasteiger partial charge in [0, 0.05) is 17.4 Å². The number of hydrogen-bond acceptors (Lipinski definition) is 2. The number of piperidine rings is 1. The third kappa shape index (κ3) is 3.17. The quantitative estimate of drug-likeness (QED) is 0.869. The number of nitrogens with one attached hydrogen (secondary N) is 1. The van der Waals surface area contributed by atoms with E-state index in [2.05, 4.69) is 35.8 Å². The van der Waals surface area contributed by atoms with Gasteiger partial charge in [0.2, 0.25) is 5.91 Å². The number of carbonyl (C=O) groups is 1. The number of rotatable bonds is 3. The molecule has 1 fully saturated rings. The summed E-state index contributed by atoms with van der Waals surface area (Å²) in [7, 11) is 0. The van der Waals surface area contributed by atoms with Crippen LogP contribution in [-0.2, 0) is 4.79 Å². The Morgan fingerprint density at radius 2 is 1.68 bits per heavy atom. The zero-order valence-electron chi connectivity index (χ0n) is 12.4. The van der Waals surface area contributed by atoms with E-state index in [0.717, 1.165) is 12.0 Å². The van der Waals surface area contributed by atoms with E-state index in [1.807, 2.05) is 0 Å². The normalized spacial score (nSPS) is 21.5. The van der Waals surface area contributed by atoms with E-state index < -0.39 is 0 Å². The number of benzene rings is 2. The molecule has 0 unspecified atom stereocenters. The first-order chi connectivity index (χ1) is 10.7. The van der Waals surface area contributed by atoms with E-state index in [1.165, 1.54) is 22.6 Å². The third-order valence-electron chi connectivity index (χ3n) is 4.22. The SMILES string of the molecule is CSc1ccc([C@@H]2CNC(=O)[C@@H](c3ccc(F)cc3)C2)cc1. The van der Waals surface area contributed by atoms with E-state index in [0.29, 0.717) is 12.5 Å². The van der Waals surface area contributed by atoms with Crippen LogP contribution in [0, 0.1) is 5.82 Å². The van der Waals surface area contributed by atoms with Crippen molar-refractivity contribution in [3.8, 4) is 0 Å². The number of halogens is 1. The Kier molecular flexibility index (Phi) is 4.48. The lowest BCUT2D eigenvalue weighted by Gasteiger charge is -2.30. The van der Waals surface area contributed by atoms with Crippen molar-refractivity contribution in [3.05, 3.63) is 65.5 Å². The maximum absolute atomic E-state index is 13.1. The molecule has 0 radical (unpaired) electrons. The molecule has 1 aliphatic rings. The van der Waals surface area contributed by atoms with Crippen LogP contribution in [0.25, 0.3) is 0 Å².